The zero-order chi connectivity index (χ0) is 52.3. The molecule has 2 nitrogen and oxygen atoms in total. The Bertz CT molecular complexity index is 3820. The number of anilines is 3. The summed E-state index contributed by atoms with van der Waals surface area (Å²) < 4.78 is 7.48. The van der Waals surface area contributed by atoms with Gasteiger partial charge < -0.3 is 9.64 Å². The molecule has 0 saturated heterocycles. The van der Waals surface area contributed by atoms with Crippen LogP contribution in [-0.4, -0.2) is 6.71 Å². The van der Waals surface area contributed by atoms with Gasteiger partial charge in [0.15, 0.2) is 0 Å². The summed E-state index contributed by atoms with van der Waals surface area (Å²) in [5, 5.41) is 0. The summed E-state index contributed by atoms with van der Waals surface area (Å²) in [6, 6.07) is 84.9. The minimum absolute atomic E-state index is 0.0532. The van der Waals surface area contributed by atoms with Gasteiger partial charge >= 0.3 is 0 Å². The lowest BCUT2D eigenvalue weighted by atomic mass is 9.34. The molecule has 0 N–H and O–H groups in total. The van der Waals surface area contributed by atoms with Crippen molar-refractivity contribution in [1.82, 2.24) is 0 Å². The first-order chi connectivity index (χ1) is 36.6. The van der Waals surface area contributed by atoms with Crippen molar-refractivity contribution in [2.75, 3.05) is 4.90 Å². The van der Waals surface area contributed by atoms with Crippen LogP contribution in [0.3, 0.4) is 0 Å². The molecule has 1 aliphatic carbocycles. The van der Waals surface area contributed by atoms with E-state index in [1.165, 1.54) is 99.8 Å². The van der Waals surface area contributed by atoms with Gasteiger partial charge in [-0.25, -0.2) is 0 Å². The van der Waals surface area contributed by atoms with Crippen LogP contribution in [0.2, 0.25) is 0 Å². The molecule has 2 aliphatic heterocycles. The van der Waals surface area contributed by atoms with Crippen molar-refractivity contribution in [3.05, 3.63) is 263 Å². The fourth-order valence-electron chi connectivity index (χ4n) is 12.6. The van der Waals surface area contributed by atoms with Gasteiger partial charge in [0.2, 0.25) is 0 Å². The first kappa shape index (κ1) is 47.6. The molecule has 0 radical (unpaired) electrons. The summed E-state index contributed by atoms with van der Waals surface area (Å²) in [6.07, 6.45) is 0. The lowest BCUT2D eigenvalue weighted by Gasteiger charge is -2.42. The summed E-state index contributed by atoms with van der Waals surface area (Å²) >= 11 is 0. The van der Waals surface area contributed by atoms with Crippen molar-refractivity contribution in [2.45, 2.75) is 84.0 Å². The van der Waals surface area contributed by atoms with E-state index in [2.05, 4.69) is 292 Å². The Morgan fingerprint density at radius 2 is 0.789 bits per heavy atom. The molecule has 10 aromatic rings. The molecule has 2 heterocycles. The standard InChI is InChI=1S/C73H64BNO/c1-70(2,3)53-33-23-47(24-34-53)48-29-39-58(40-30-48)75-65-41-31-51(49-25-35-54(36-26-49)71(4,5)6)43-63(65)74-64-44-52(50-27-37-55(38-28-50)72(7,8)9)32-42-67(64)76-68-46-57(45-66(75)69(68)74)73(56-17-11-10-12-18-56)61-21-15-13-19-59(61)60-20-14-16-22-62(60)73/h10-46H,1-9H3. The molecule has 0 spiro atoms. The number of benzene rings is 10. The minimum atomic E-state index is -0.639. The maximum absolute atomic E-state index is 7.48. The number of nitrogens with zero attached hydrogens (tertiary/aromatic N) is 1. The summed E-state index contributed by atoms with van der Waals surface area (Å²) in [5.74, 6) is 1.77. The lowest BCUT2D eigenvalue weighted by Crippen LogP contribution is -2.59. The third-order valence-corrected chi connectivity index (χ3v) is 16.7. The van der Waals surface area contributed by atoms with E-state index in [1.54, 1.807) is 0 Å². The van der Waals surface area contributed by atoms with E-state index in [-0.39, 0.29) is 23.0 Å². The van der Waals surface area contributed by atoms with Crippen molar-refractivity contribution in [1.29, 1.82) is 0 Å². The lowest BCUT2D eigenvalue weighted by molar-refractivity contribution is 0.486. The van der Waals surface area contributed by atoms with E-state index in [1.807, 2.05) is 0 Å². The second-order valence-electron chi connectivity index (χ2n) is 24.5. The van der Waals surface area contributed by atoms with Crippen LogP contribution in [0, 0.1) is 0 Å². The monoisotopic (exact) mass is 982 g/mol. The predicted molar refractivity (Wildman–Crippen MR) is 322 cm³/mol. The predicted octanol–water partition coefficient (Wildman–Crippen LogP) is 17.3. The van der Waals surface area contributed by atoms with Gasteiger partial charge in [0, 0.05) is 17.1 Å². The van der Waals surface area contributed by atoms with Crippen LogP contribution in [-0.2, 0) is 21.7 Å². The summed E-state index contributed by atoms with van der Waals surface area (Å²) in [5.41, 5.74) is 25.1. The average Bonchev–Trinajstić information content (AvgIpc) is 3.96. The molecule has 0 unspecified atom stereocenters. The van der Waals surface area contributed by atoms with Crippen molar-refractivity contribution in [2.24, 2.45) is 0 Å². The molecule has 0 atom stereocenters. The topological polar surface area (TPSA) is 12.5 Å². The molecule has 0 bridgehead atoms. The molecule has 76 heavy (non-hydrogen) atoms. The second kappa shape index (κ2) is 17.5. The maximum Gasteiger partial charge on any atom is 0.256 e. The number of ether oxygens (including phenoxy) is 1. The van der Waals surface area contributed by atoms with E-state index >= 15 is 0 Å². The zero-order valence-corrected chi connectivity index (χ0v) is 45.3. The van der Waals surface area contributed by atoms with E-state index in [0.29, 0.717) is 0 Å². The fourth-order valence-corrected chi connectivity index (χ4v) is 12.6. The first-order valence-electron chi connectivity index (χ1n) is 27.2. The van der Waals surface area contributed by atoms with Crippen LogP contribution in [0.15, 0.2) is 224 Å². The number of hydrogen-bond acceptors (Lipinski definition) is 2. The van der Waals surface area contributed by atoms with E-state index in [4.69, 9.17) is 4.74 Å². The van der Waals surface area contributed by atoms with Crippen LogP contribution in [0.1, 0.15) is 101 Å². The van der Waals surface area contributed by atoms with Crippen LogP contribution < -0.4 is 26.0 Å². The summed E-state index contributed by atoms with van der Waals surface area (Å²) in [6.45, 7) is 20.4. The average molecular weight is 982 g/mol. The Morgan fingerprint density at radius 1 is 0.355 bits per heavy atom. The normalized spacial score (nSPS) is 14.0. The van der Waals surface area contributed by atoms with Gasteiger partial charge in [-0.3, -0.25) is 0 Å². The van der Waals surface area contributed by atoms with Crippen molar-refractivity contribution < 1.29 is 4.74 Å². The van der Waals surface area contributed by atoms with Gasteiger partial charge in [-0.1, -0.05) is 250 Å². The van der Waals surface area contributed by atoms with E-state index in [9.17, 15) is 0 Å². The van der Waals surface area contributed by atoms with Crippen LogP contribution in [0.25, 0.3) is 44.5 Å². The van der Waals surface area contributed by atoms with Crippen LogP contribution in [0.5, 0.6) is 11.5 Å². The van der Waals surface area contributed by atoms with Gasteiger partial charge in [0.05, 0.1) is 5.41 Å². The van der Waals surface area contributed by atoms with Crippen LogP contribution >= 0.6 is 0 Å². The van der Waals surface area contributed by atoms with Gasteiger partial charge in [-0.2, -0.15) is 0 Å². The first-order valence-corrected chi connectivity index (χ1v) is 27.2. The molecular formula is C73H64BNO. The molecule has 0 fully saturated rings. The summed E-state index contributed by atoms with van der Waals surface area (Å²) in [7, 11) is 0. The SMILES string of the molecule is CC(C)(C)c1ccc(-c2ccc(N3c4ccc(-c5ccc(C(C)(C)C)cc5)cc4B4c5cc(-c6ccc(C(C)(C)C)cc6)ccc5Oc5cc(C6(c7ccccc7)c7ccccc7-c7ccccc76)cc3c54)cc2)cc1. The largest absolute Gasteiger partial charge is 0.458 e. The van der Waals surface area contributed by atoms with Gasteiger partial charge in [-0.05, 0) is 152 Å². The van der Waals surface area contributed by atoms with Crippen molar-refractivity contribution in [3.63, 3.8) is 0 Å². The molecule has 0 aromatic heterocycles. The second-order valence-corrected chi connectivity index (χ2v) is 24.5. The smallest absolute Gasteiger partial charge is 0.256 e. The molecule has 0 amide bonds. The molecule has 3 heteroatoms. The Balaban J connectivity index is 1.07. The van der Waals surface area contributed by atoms with Gasteiger partial charge in [0.1, 0.15) is 11.5 Å². The highest BCUT2D eigenvalue weighted by molar-refractivity contribution is 6.99. The van der Waals surface area contributed by atoms with Crippen molar-refractivity contribution in [3.8, 4) is 56.0 Å². The molecule has 3 aliphatic rings. The highest BCUT2D eigenvalue weighted by atomic mass is 16.5. The highest BCUT2D eigenvalue weighted by Gasteiger charge is 2.49. The zero-order valence-electron chi connectivity index (χ0n) is 45.3. The third-order valence-electron chi connectivity index (χ3n) is 16.7. The quantitative estimate of drug-likeness (QED) is 0.154. The Hall–Kier alpha value is -8.14. The van der Waals surface area contributed by atoms with Gasteiger partial charge in [-0.15, -0.1) is 0 Å². The number of rotatable bonds is 6. The summed E-state index contributed by atoms with van der Waals surface area (Å²) in [4.78, 5) is 2.53. The molecule has 13 rings (SSSR count). The molecular weight excluding hydrogens is 918 g/mol. The Morgan fingerprint density at radius 3 is 1.30 bits per heavy atom. The van der Waals surface area contributed by atoms with E-state index < -0.39 is 5.41 Å². The van der Waals surface area contributed by atoms with E-state index in [0.717, 1.165) is 28.6 Å². The third kappa shape index (κ3) is 7.69. The Kier molecular flexibility index (Phi) is 10.9. The molecule has 10 aromatic carbocycles. The van der Waals surface area contributed by atoms with Crippen molar-refractivity contribution >= 4 is 40.2 Å². The fraction of sp³-hybridized carbons (Fsp3) is 0.178. The molecule has 0 saturated carbocycles. The maximum atomic E-state index is 7.48. The number of hydrogen-bond donors (Lipinski definition) is 0. The Labute approximate surface area is 450 Å². The molecule has 370 valence electrons. The highest BCUT2D eigenvalue weighted by Crippen LogP contribution is 2.58. The van der Waals surface area contributed by atoms with Gasteiger partial charge in [0.25, 0.3) is 6.71 Å². The minimum Gasteiger partial charge on any atom is -0.458 e. The number of fused-ring (bicyclic) bond motifs is 7. The van der Waals surface area contributed by atoms with Crippen LogP contribution in [0.4, 0.5) is 17.1 Å².